The molecular formula is C6H9FeO9. The SMILES string of the molecule is O=C(O)[C@@H](O)[C@@H](O)[C@H](O)[C@@H](O)C(=O)[O-].[Fe+3].[O-2]. The first kappa shape index (κ1) is 20.6. The fourth-order valence-corrected chi connectivity index (χ4v) is 0.659. The van der Waals surface area contributed by atoms with Crippen molar-refractivity contribution in [3.8, 4) is 0 Å². The van der Waals surface area contributed by atoms with E-state index in [4.69, 9.17) is 25.5 Å². The molecule has 1 radical (unpaired) electrons. The van der Waals surface area contributed by atoms with Crippen LogP contribution >= 0.6 is 0 Å². The van der Waals surface area contributed by atoms with Crippen molar-refractivity contribution >= 4 is 11.9 Å². The summed E-state index contributed by atoms with van der Waals surface area (Å²) in [6, 6.07) is 0. The second-order valence-corrected chi connectivity index (χ2v) is 2.53. The smallest absolute Gasteiger partial charge is 2.00 e. The molecule has 0 fully saturated rings. The van der Waals surface area contributed by atoms with E-state index in [9.17, 15) is 14.7 Å². The van der Waals surface area contributed by atoms with Gasteiger partial charge in [0.15, 0.2) is 6.10 Å². The second kappa shape index (κ2) is 8.42. The molecule has 0 saturated heterocycles. The third-order valence-corrected chi connectivity index (χ3v) is 1.49. The Labute approximate surface area is 99.7 Å². The van der Waals surface area contributed by atoms with Gasteiger partial charge in [0, 0.05) is 0 Å². The Hall–Kier alpha value is -0.741. The first-order valence-corrected chi connectivity index (χ1v) is 3.45. The Balaban J connectivity index is -0.000000845. The molecule has 4 atom stereocenters. The van der Waals surface area contributed by atoms with Crippen molar-refractivity contribution in [1.29, 1.82) is 0 Å². The van der Waals surface area contributed by atoms with Gasteiger partial charge in [-0.1, -0.05) is 0 Å². The summed E-state index contributed by atoms with van der Waals surface area (Å²) in [5.74, 6) is -3.95. The molecule has 0 rings (SSSR count). The van der Waals surface area contributed by atoms with Gasteiger partial charge < -0.3 is 40.9 Å². The van der Waals surface area contributed by atoms with Crippen molar-refractivity contribution < 1.29 is 62.8 Å². The summed E-state index contributed by atoms with van der Waals surface area (Å²) in [6.45, 7) is 0. The Bertz CT molecular complexity index is 208. The number of rotatable bonds is 5. The predicted molar refractivity (Wildman–Crippen MR) is 37.4 cm³/mol. The van der Waals surface area contributed by atoms with E-state index in [0.29, 0.717) is 0 Å². The zero-order chi connectivity index (χ0) is 11.5. The van der Waals surface area contributed by atoms with Gasteiger partial charge >= 0.3 is 23.0 Å². The van der Waals surface area contributed by atoms with Crippen molar-refractivity contribution in [1.82, 2.24) is 0 Å². The van der Waals surface area contributed by atoms with Gasteiger partial charge in [-0.15, -0.1) is 0 Å². The number of carbonyl (C=O) groups excluding carboxylic acids is 1. The molecule has 5 N–H and O–H groups in total. The van der Waals surface area contributed by atoms with E-state index in [2.05, 4.69) is 0 Å². The van der Waals surface area contributed by atoms with E-state index < -0.39 is 36.4 Å². The Kier molecular flexibility index (Phi) is 10.9. The molecule has 0 aromatic heterocycles. The van der Waals surface area contributed by atoms with Crippen LogP contribution in [0.5, 0.6) is 0 Å². The Morgan fingerprint density at radius 3 is 1.50 bits per heavy atom. The van der Waals surface area contributed by atoms with E-state index in [1.54, 1.807) is 0 Å². The Morgan fingerprint density at radius 1 is 0.938 bits per heavy atom. The number of carbonyl (C=O) groups is 2. The van der Waals surface area contributed by atoms with Crippen LogP contribution in [-0.2, 0) is 32.1 Å². The molecule has 10 heteroatoms. The van der Waals surface area contributed by atoms with Crippen molar-refractivity contribution in [3.05, 3.63) is 0 Å². The quantitative estimate of drug-likeness (QED) is 0.310. The maximum atomic E-state index is 10.1. The van der Waals surface area contributed by atoms with Crippen LogP contribution in [0.3, 0.4) is 0 Å². The molecule has 0 heterocycles. The van der Waals surface area contributed by atoms with Crippen LogP contribution in [0.1, 0.15) is 0 Å². The van der Waals surface area contributed by atoms with Gasteiger partial charge in [0.1, 0.15) is 18.3 Å². The molecule has 0 aliphatic carbocycles. The zero-order valence-electron chi connectivity index (χ0n) is 7.53. The molecule has 0 amide bonds. The molecule has 0 unspecified atom stereocenters. The Morgan fingerprint density at radius 2 is 1.25 bits per heavy atom. The maximum absolute atomic E-state index is 10.1. The summed E-state index contributed by atoms with van der Waals surface area (Å²) in [4.78, 5) is 20.0. The molecule has 0 aromatic rings. The van der Waals surface area contributed by atoms with E-state index >= 15 is 0 Å². The normalized spacial score (nSPS) is 17.0. The fourth-order valence-electron chi connectivity index (χ4n) is 0.659. The van der Waals surface area contributed by atoms with E-state index in [1.165, 1.54) is 0 Å². The molecule has 0 aromatic carbocycles. The largest absolute Gasteiger partial charge is 3.00 e. The third-order valence-electron chi connectivity index (χ3n) is 1.49. The third kappa shape index (κ3) is 5.37. The standard InChI is InChI=1S/C6H10O8.Fe.O/c7-1(3(9)5(11)12)2(8)4(10)6(13)14;;/h1-4,7-10H,(H,11,12)(H,13,14);;/q;+3;-2/p-1/t1-,2-,3-,4+;;/m0../s1. The average molecular weight is 281 g/mol. The molecule has 9 nitrogen and oxygen atoms in total. The minimum Gasteiger partial charge on any atom is -2.00 e. The van der Waals surface area contributed by atoms with Crippen molar-refractivity contribution in [2.24, 2.45) is 0 Å². The number of aliphatic hydroxyl groups excluding tert-OH is 4. The predicted octanol–water partition coefficient (Wildman–Crippen LogP) is -4.86. The van der Waals surface area contributed by atoms with Gasteiger partial charge in [-0.25, -0.2) is 4.79 Å². The number of carboxylic acid groups (broad SMARTS) is 2. The van der Waals surface area contributed by atoms with Crippen molar-refractivity contribution in [2.45, 2.75) is 24.4 Å². The van der Waals surface area contributed by atoms with E-state index in [-0.39, 0.29) is 22.5 Å². The summed E-state index contributed by atoms with van der Waals surface area (Å²) in [7, 11) is 0. The van der Waals surface area contributed by atoms with Gasteiger partial charge in [0.2, 0.25) is 0 Å². The van der Waals surface area contributed by atoms with Gasteiger partial charge in [-0.05, 0) is 0 Å². The van der Waals surface area contributed by atoms with Crippen LogP contribution in [0.4, 0.5) is 0 Å². The second-order valence-electron chi connectivity index (χ2n) is 2.53. The summed E-state index contributed by atoms with van der Waals surface area (Å²) in [5, 5.41) is 53.1. The molecule has 0 saturated carbocycles. The summed E-state index contributed by atoms with van der Waals surface area (Å²) in [6.07, 6.45) is -9.52. The summed E-state index contributed by atoms with van der Waals surface area (Å²) < 4.78 is 0. The first-order chi connectivity index (χ1) is 6.29. The molecule has 0 bridgehead atoms. The minimum atomic E-state index is -2.47. The topological polar surface area (TPSA) is 187 Å². The molecule has 95 valence electrons. The first-order valence-electron chi connectivity index (χ1n) is 3.45. The van der Waals surface area contributed by atoms with Crippen LogP contribution in [0.15, 0.2) is 0 Å². The monoisotopic (exact) mass is 281 g/mol. The van der Waals surface area contributed by atoms with Gasteiger partial charge in [0.05, 0.1) is 5.97 Å². The summed E-state index contributed by atoms with van der Waals surface area (Å²) >= 11 is 0. The average Bonchev–Trinajstić information content (AvgIpc) is 2.12. The maximum Gasteiger partial charge on any atom is 3.00 e. The van der Waals surface area contributed by atoms with Gasteiger partial charge in [-0.2, -0.15) is 0 Å². The number of aliphatic carboxylic acids is 2. The van der Waals surface area contributed by atoms with Crippen LogP contribution < -0.4 is 5.11 Å². The van der Waals surface area contributed by atoms with Gasteiger partial charge in [-0.3, -0.25) is 0 Å². The van der Waals surface area contributed by atoms with E-state index in [0.717, 1.165) is 0 Å². The number of carboxylic acids is 2. The zero-order valence-corrected chi connectivity index (χ0v) is 8.64. The molecule has 0 aliphatic rings. The fraction of sp³-hybridized carbons (Fsp3) is 0.667. The molecule has 0 spiro atoms. The van der Waals surface area contributed by atoms with Crippen molar-refractivity contribution in [3.63, 3.8) is 0 Å². The molecular weight excluding hydrogens is 272 g/mol. The number of hydrogen-bond donors (Lipinski definition) is 5. The van der Waals surface area contributed by atoms with Crippen LogP contribution in [0.2, 0.25) is 0 Å². The van der Waals surface area contributed by atoms with E-state index in [1.807, 2.05) is 0 Å². The van der Waals surface area contributed by atoms with Crippen LogP contribution in [0, 0.1) is 0 Å². The van der Waals surface area contributed by atoms with Crippen LogP contribution in [-0.4, -0.2) is 61.9 Å². The van der Waals surface area contributed by atoms with Gasteiger partial charge in [0.25, 0.3) is 0 Å². The van der Waals surface area contributed by atoms with Crippen LogP contribution in [0.25, 0.3) is 0 Å². The minimum absolute atomic E-state index is 0. The van der Waals surface area contributed by atoms with Crippen molar-refractivity contribution in [2.75, 3.05) is 0 Å². The number of aliphatic hydroxyl groups is 4. The summed E-state index contributed by atoms with van der Waals surface area (Å²) in [5.41, 5.74) is 0. The number of hydrogen-bond acceptors (Lipinski definition) is 7. The molecule has 0 aliphatic heterocycles. The molecule has 16 heavy (non-hydrogen) atoms.